The van der Waals surface area contributed by atoms with Gasteiger partial charge in [0, 0.05) is 22.8 Å². The number of ether oxygens (including phenoxy) is 1. The van der Waals surface area contributed by atoms with Gasteiger partial charge >= 0.3 is 5.97 Å². The summed E-state index contributed by atoms with van der Waals surface area (Å²) >= 11 is 5.88. The third kappa shape index (κ3) is 4.73. The molecular formula is C18H23ClN2O5S. The van der Waals surface area contributed by atoms with Gasteiger partial charge in [0.25, 0.3) is 5.91 Å². The predicted octanol–water partition coefficient (Wildman–Crippen LogP) is 2.04. The smallest absolute Gasteiger partial charge is 0.340 e. The van der Waals surface area contributed by atoms with E-state index in [4.69, 9.17) is 22.1 Å². The highest BCUT2D eigenvalue weighted by Gasteiger charge is 2.39. The molecule has 1 amide bonds. The fraction of sp³-hybridized carbons (Fsp3) is 0.556. The minimum absolute atomic E-state index is 0.00532. The van der Waals surface area contributed by atoms with E-state index in [1.54, 1.807) is 11.0 Å². The van der Waals surface area contributed by atoms with Crippen LogP contribution in [0.1, 0.15) is 42.5 Å². The van der Waals surface area contributed by atoms with E-state index in [1.807, 2.05) is 0 Å². The molecule has 0 spiro atoms. The number of sulfone groups is 1. The van der Waals surface area contributed by atoms with Crippen molar-refractivity contribution in [3.8, 4) is 0 Å². The first-order valence-electron chi connectivity index (χ1n) is 9.00. The van der Waals surface area contributed by atoms with Gasteiger partial charge in [0.2, 0.25) is 0 Å². The van der Waals surface area contributed by atoms with E-state index in [-0.39, 0.29) is 40.7 Å². The second kappa shape index (κ2) is 8.06. The zero-order chi connectivity index (χ0) is 19.6. The molecular weight excluding hydrogens is 392 g/mol. The van der Waals surface area contributed by atoms with Gasteiger partial charge in [-0.25, -0.2) is 13.2 Å². The Morgan fingerprint density at radius 2 is 1.89 bits per heavy atom. The highest BCUT2D eigenvalue weighted by atomic mass is 35.5. The van der Waals surface area contributed by atoms with Gasteiger partial charge in [0.15, 0.2) is 16.4 Å². The largest absolute Gasteiger partial charge is 0.452 e. The first-order chi connectivity index (χ1) is 12.8. The van der Waals surface area contributed by atoms with Crippen molar-refractivity contribution in [2.24, 2.45) is 0 Å². The molecule has 1 aromatic carbocycles. The Kier molecular flexibility index (Phi) is 5.95. The Hall–Kier alpha value is -1.80. The van der Waals surface area contributed by atoms with Gasteiger partial charge in [-0.1, -0.05) is 24.4 Å². The van der Waals surface area contributed by atoms with Crippen LogP contribution < -0.4 is 5.73 Å². The summed E-state index contributed by atoms with van der Waals surface area (Å²) in [4.78, 5) is 26.7. The van der Waals surface area contributed by atoms with E-state index in [9.17, 15) is 18.0 Å². The van der Waals surface area contributed by atoms with Crippen LogP contribution in [0.3, 0.4) is 0 Å². The zero-order valence-corrected chi connectivity index (χ0v) is 16.5. The Morgan fingerprint density at radius 1 is 1.19 bits per heavy atom. The molecule has 148 valence electrons. The van der Waals surface area contributed by atoms with Gasteiger partial charge in [-0.3, -0.25) is 4.79 Å². The molecule has 0 radical (unpaired) electrons. The first kappa shape index (κ1) is 19.9. The molecule has 2 N–H and O–H groups in total. The number of hydrogen-bond acceptors (Lipinski definition) is 6. The lowest BCUT2D eigenvalue weighted by Crippen LogP contribution is -2.48. The number of nitrogens with zero attached hydrogens (tertiary/aromatic N) is 1. The molecule has 9 heteroatoms. The van der Waals surface area contributed by atoms with Crippen molar-refractivity contribution in [3.05, 3.63) is 28.8 Å². The molecule has 27 heavy (non-hydrogen) atoms. The number of carbonyl (C=O) groups excluding carboxylic acids is 2. The lowest BCUT2D eigenvalue weighted by molar-refractivity contribution is -0.139. The predicted molar refractivity (Wildman–Crippen MR) is 102 cm³/mol. The van der Waals surface area contributed by atoms with Gasteiger partial charge in [0.05, 0.1) is 17.1 Å². The summed E-state index contributed by atoms with van der Waals surface area (Å²) in [5.74, 6) is -1.02. The number of anilines is 1. The number of carbonyl (C=O) groups is 2. The lowest BCUT2D eigenvalue weighted by atomic mass is 10.1. The van der Waals surface area contributed by atoms with E-state index in [1.165, 1.54) is 12.1 Å². The highest BCUT2D eigenvalue weighted by molar-refractivity contribution is 7.91. The molecule has 1 aliphatic carbocycles. The topological polar surface area (TPSA) is 107 Å². The number of nitrogens with two attached hydrogens (primary N) is 1. The summed E-state index contributed by atoms with van der Waals surface area (Å²) in [5.41, 5.74) is 6.08. The lowest BCUT2D eigenvalue weighted by Gasteiger charge is -2.33. The number of benzene rings is 1. The Balaban J connectivity index is 1.69. The fourth-order valence-corrected chi connectivity index (χ4v) is 5.75. The van der Waals surface area contributed by atoms with E-state index in [0.29, 0.717) is 11.4 Å². The van der Waals surface area contributed by atoms with Crippen molar-refractivity contribution in [1.82, 2.24) is 4.90 Å². The monoisotopic (exact) mass is 414 g/mol. The minimum Gasteiger partial charge on any atom is -0.452 e. The van der Waals surface area contributed by atoms with Crippen molar-refractivity contribution in [2.75, 3.05) is 23.8 Å². The van der Waals surface area contributed by atoms with Gasteiger partial charge < -0.3 is 15.4 Å². The number of rotatable bonds is 5. The fourth-order valence-electron chi connectivity index (χ4n) is 3.87. The van der Waals surface area contributed by atoms with E-state index in [2.05, 4.69) is 0 Å². The highest BCUT2D eigenvalue weighted by Crippen LogP contribution is 2.29. The molecule has 0 aromatic heterocycles. The second-order valence-corrected chi connectivity index (χ2v) is 9.77. The van der Waals surface area contributed by atoms with Crippen LogP contribution in [0.2, 0.25) is 5.02 Å². The third-order valence-electron chi connectivity index (χ3n) is 5.17. The van der Waals surface area contributed by atoms with Crippen LogP contribution in [0, 0.1) is 0 Å². The first-order valence-corrected chi connectivity index (χ1v) is 11.2. The van der Waals surface area contributed by atoms with Crippen LogP contribution in [-0.4, -0.2) is 55.4 Å². The molecule has 1 saturated carbocycles. The van der Waals surface area contributed by atoms with Crippen molar-refractivity contribution in [2.45, 2.75) is 44.2 Å². The van der Waals surface area contributed by atoms with Gasteiger partial charge in [-0.05, 0) is 37.5 Å². The zero-order valence-electron chi connectivity index (χ0n) is 14.9. The maximum atomic E-state index is 12.8. The average Bonchev–Trinajstić information content (AvgIpc) is 3.25. The summed E-state index contributed by atoms with van der Waals surface area (Å²) in [6.07, 6.45) is 4.13. The average molecular weight is 415 g/mol. The molecule has 2 fully saturated rings. The molecule has 1 aromatic rings. The number of esters is 1. The van der Waals surface area contributed by atoms with Gasteiger partial charge in [-0.15, -0.1) is 0 Å². The molecule has 2 aliphatic rings. The summed E-state index contributed by atoms with van der Waals surface area (Å²) < 4.78 is 28.9. The van der Waals surface area contributed by atoms with E-state index < -0.39 is 22.4 Å². The van der Waals surface area contributed by atoms with Crippen LogP contribution in [0.5, 0.6) is 0 Å². The van der Waals surface area contributed by atoms with E-state index in [0.717, 1.165) is 25.7 Å². The molecule has 1 atom stereocenters. The SMILES string of the molecule is Nc1ccc(Cl)cc1C(=O)OCC(=O)N(C1CCCC1)[C@H]1CCS(=O)(=O)C1. The Bertz CT molecular complexity index is 836. The summed E-state index contributed by atoms with van der Waals surface area (Å²) in [7, 11) is -3.12. The Morgan fingerprint density at radius 3 is 2.52 bits per heavy atom. The second-order valence-electron chi connectivity index (χ2n) is 7.10. The van der Waals surface area contributed by atoms with Crippen molar-refractivity contribution in [3.63, 3.8) is 0 Å². The van der Waals surface area contributed by atoms with Crippen LogP contribution in [0.15, 0.2) is 18.2 Å². The van der Waals surface area contributed by atoms with Crippen LogP contribution in [-0.2, 0) is 19.4 Å². The molecule has 1 saturated heterocycles. The maximum Gasteiger partial charge on any atom is 0.340 e. The molecule has 1 heterocycles. The normalized spacial score (nSPS) is 21.9. The van der Waals surface area contributed by atoms with Crippen molar-refractivity contribution < 1.29 is 22.7 Å². The van der Waals surface area contributed by atoms with Crippen molar-refractivity contribution >= 4 is 39.0 Å². The van der Waals surface area contributed by atoms with Gasteiger partial charge in [-0.2, -0.15) is 0 Å². The van der Waals surface area contributed by atoms with Crippen LogP contribution >= 0.6 is 11.6 Å². The van der Waals surface area contributed by atoms with Gasteiger partial charge in [0.1, 0.15) is 0 Å². The third-order valence-corrected chi connectivity index (χ3v) is 7.16. The van der Waals surface area contributed by atoms with Crippen molar-refractivity contribution in [1.29, 1.82) is 0 Å². The number of nitrogen functional groups attached to an aromatic ring is 1. The molecule has 0 unspecified atom stereocenters. The summed E-state index contributed by atoms with van der Waals surface area (Å²) in [5, 5.41) is 0.339. The summed E-state index contributed by atoms with van der Waals surface area (Å²) in [6, 6.07) is 4.10. The van der Waals surface area contributed by atoms with Crippen LogP contribution in [0.4, 0.5) is 5.69 Å². The quantitative estimate of drug-likeness (QED) is 0.583. The Labute approximate surface area is 163 Å². The number of halogens is 1. The minimum atomic E-state index is -3.12. The molecule has 0 bridgehead atoms. The maximum absolute atomic E-state index is 12.8. The van der Waals surface area contributed by atoms with E-state index >= 15 is 0 Å². The standard InChI is InChI=1S/C18H23ClN2O5S/c19-12-5-6-16(20)15(9-12)18(23)26-10-17(22)21(13-3-1-2-4-13)14-7-8-27(24,25)11-14/h5-6,9,13-14H,1-4,7-8,10-11,20H2/t14-/m0/s1. The number of hydrogen-bond donors (Lipinski definition) is 1. The van der Waals surface area contributed by atoms with Crippen LogP contribution in [0.25, 0.3) is 0 Å². The number of amides is 1. The molecule has 7 nitrogen and oxygen atoms in total. The summed E-state index contributed by atoms with van der Waals surface area (Å²) in [6.45, 7) is -0.447. The molecule has 1 aliphatic heterocycles. The molecule has 3 rings (SSSR count).